The predicted molar refractivity (Wildman–Crippen MR) is 156 cm³/mol. The van der Waals surface area contributed by atoms with E-state index in [1.807, 2.05) is 58.0 Å². The Bertz CT molecular complexity index is 1190. The molecule has 40 heavy (non-hydrogen) atoms. The predicted octanol–water partition coefficient (Wildman–Crippen LogP) is 5.98. The van der Waals surface area contributed by atoms with Crippen LogP contribution in [0.15, 0.2) is 67.0 Å². The van der Waals surface area contributed by atoms with Gasteiger partial charge in [0.1, 0.15) is 17.5 Å². The number of ether oxygens (including phenoxy) is 2. The van der Waals surface area contributed by atoms with Crippen molar-refractivity contribution in [2.24, 2.45) is 0 Å². The first-order valence-electron chi connectivity index (χ1n) is 14.0. The number of rotatable bonds is 15. The van der Waals surface area contributed by atoms with Gasteiger partial charge in [0.05, 0.1) is 19.3 Å². The van der Waals surface area contributed by atoms with Gasteiger partial charge in [0.2, 0.25) is 0 Å². The maximum atomic E-state index is 13.7. The number of pyridine rings is 1. The molecule has 3 rings (SSSR count). The molecular formula is C32H41N3O5. The molecule has 3 aromatic rings. The largest absolute Gasteiger partial charge is 0.493 e. The van der Waals surface area contributed by atoms with E-state index in [1.54, 1.807) is 29.4 Å². The van der Waals surface area contributed by atoms with Crippen LogP contribution in [0.3, 0.4) is 0 Å². The molecule has 2 amide bonds. The lowest BCUT2D eigenvalue weighted by Gasteiger charge is -2.32. The number of carbonyl (C=O) groups is 2. The number of hydrogen-bond donors (Lipinski definition) is 2. The number of carboxylic acid groups (broad SMARTS) is 1. The summed E-state index contributed by atoms with van der Waals surface area (Å²) in [5.74, 6) is 0.320. The monoisotopic (exact) mass is 547 g/mol. The van der Waals surface area contributed by atoms with Gasteiger partial charge in [-0.1, -0.05) is 36.4 Å². The molecular weight excluding hydrogens is 506 g/mol. The molecule has 1 heterocycles. The van der Waals surface area contributed by atoms with Crippen LogP contribution in [0, 0.1) is 6.92 Å². The second-order valence-corrected chi connectivity index (χ2v) is 9.73. The van der Waals surface area contributed by atoms with Crippen LogP contribution in [0.25, 0.3) is 0 Å². The quantitative estimate of drug-likeness (QED) is 0.227. The minimum atomic E-state index is -1.10. The number of amides is 2. The van der Waals surface area contributed by atoms with Gasteiger partial charge in [-0.3, -0.25) is 4.98 Å². The molecule has 0 radical (unpaired) electrons. The standard InChI is InChI=1S/C32H41N3O5/c1-5-39-29-20-27(21-30(23(29)3)40-6-2)24(4)35(18-11-10-15-25-13-8-7-9-14-25)32(38)34-28(31(36)37)19-26-16-12-17-33-22-26/h7-9,12-14,16-17,20-22,24,28H,5-6,10-11,15,18-19H2,1-4H3,(H,34,38)(H,36,37). The van der Waals surface area contributed by atoms with E-state index in [0.29, 0.717) is 31.3 Å². The van der Waals surface area contributed by atoms with Crippen LogP contribution in [0.1, 0.15) is 61.9 Å². The molecule has 2 N–H and O–H groups in total. The summed E-state index contributed by atoms with van der Waals surface area (Å²) in [5, 5.41) is 12.7. The summed E-state index contributed by atoms with van der Waals surface area (Å²) in [6, 6.07) is 15.8. The summed E-state index contributed by atoms with van der Waals surface area (Å²) in [6.45, 7) is 9.22. The van der Waals surface area contributed by atoms with Crippen molar-refractivity contribution in [2.75, 3.05) is 19.8 Å². The van der Waals surface area contributed by atoms with Crippen molar-refractivity contribution in [3.63, 3.8) is 0 Å². The first-order chi connectivity index (χ1) is 19.3. The van der Waals surface area contributed by atoms with Crippen molar-refractivity contribution < 1.29 is 24.2 Å². The number of carboxylic acids is 1. The molecule has 0 spiro atoms. The van der Waals surface area contributed by atoms with Crippen LogP contribution in [0.4, 0.5) is 4.79 Å². The van der Waals surface area contributed by atoms with Crippen LogP contribution >= 0.6 is 0 Å². The lowest BCUT2D eigenvalue weighted by atomic mass is 10.0. The minimum absolute atomic E-state index is 0.138. The highest BCUT2D eigenvalue weighted by molar-refractivity contribution is 5.83. The zero-order valence-electron chi connectivity index (χ0n) is 23.9. The molecule has 8 heteroatoms. The molecule has 2 aromatic carbocycles. The zero-order valence-corrected chi connectivity index (χ0v) is 23.9. The number of hydrogen-bond acceptors (Lipinski definition) is 5. The topological polar surface area (TPSA) is 101 Å². The van der Waals surface area contributed by atoms with Gasteiger partial charge in [-0.25, -0.2) is 9.59 Å². The van der Waals surface area contributed by atoms with Crippen LogP contribution in [0.2, 0.25) is 0 Å². The van der Waals surface area contributed by atoms with Gasteiger partial charge in [-0.2, -0.15) is 0 Å². The van der Waals surface area contributed by atoms with E-state index >= 15 is 0 Å². The zero-order chi connectivity index (χ0) is 28.9. The highest BCUT2D eigenvalue weighted by Crippen LogP contribution is 2.34. The number of aryl methyl sites for hydroxylation is 1. The molecule has 0 fully saturated rings. The Balaban J connectivity index is 1.84. The Labute approximate surface area is 237 Å². The first kappa shape index (κ1) is 30.5. The van der Waals surface area contributed by atoms with E-state index in [1.165, 1.54) is 5.56 Å². The average Bonchev–Trinajstić information content (AvgIpc) is 2.95. The molecule has 2 unspecified atom stereocenters. The van der Waals surface area contributed by atoms with Gasteiger partial charge >= 0.3 is 12.0 Å². The molecule has 1 aromatic heterocycles. The highest BCUT2D eigenvalue weighted by Gasteiger charge is 2.28. The van der Waals surface area contributed by atoms with Crippen molar-refractivity contribution in [1.29, 1.82) is 0 Å². The van der Waals surface area contributed by atoms with Crippen molar-refractivity contribution in [3.05, 3.63) is 89.2 Å². The van der Waals surface area contributed by atoms with Gasteiger partial charge in [0, 0.05) is 30.9 Å². The van der Waals surface area contributed by atoms with Crippen LogP contribution in [-0.4, -0.2) is 52.8 Å². The van der Waals surface area contributed by atoms with Crippen molar-refractivity contribution in [3.8, 4) is 11.5 Å². The molecule has 0 aliphatic heterocycles. The number of nitrogens with zero attached hydrogens (tertiary/aromatic N) is 2. The van der Waals surface area contributed by atoms with E-state index < -0.39 is 18.0 Å². The molecule has 0 aliphatic rings. The van der Waals surface area contributed by atoms with E-state index in [4.69, 9.17) is 9.47 Å². The van der Waals surface area contributed by atoms with Gasteiger partial charge < -0.3 is 24.8 Å². The van der Waals surface area contributed by atoms with Crippen molar-refractivity contribution in [2.45, 2.75) is 65.5 Å². The Kier molecular flexibility index (Phi) is 11.8. The van der Waals surface area contributed by atoms with Gasteiger partial charge in [0.25, 0.3) is 0 Å². The lowest BCUT2D eigenvalue weighted by molar-refractivity contribution is -0.139. The molecule has 0 saturated carbocycles. The Morgan fingerprint density at radius 1 is 0.975 bits per heavy atom. The molecule has 0 bridgehead atoms. The summed E-state index contributed by atoms with van der Waals surface area (Å²) >= 11 is 0. The fraction of sp³-hybridized carbons (Fsp3) is 0.406. The van der Waals surface area contributed by atoms with E-state index in [9.17, 15) is 14.7 Å². The normalized spacial score (nSPS) is 12.3. The lowest BCUT2D eigenvalue weighted by Crippen LogP contribution is -2.49. The van der Waals surface area contributed by atoms with Gasteiger partial charge in [-0.15, -0.1) is 0 Å². The van der Waals surface area contributed by atoms with Crippen molar-refractivity contribution >= 4 is 12.0 Å². The minimum Gasteiger partial charge on any atom is -0.493 e. The second-order valence-electron chi connectivity index (χ2n) is 9.73. The van der Waals surface area contributed by atoms with E-state index in [0.717, 1.165) is 36.0 Å². The van der Waals surface area contributed by atoms with Crippen molar-refractivity contribution in [1.82, 2.24) is 15.2 Å². The number of aromatic nitrogens is 1. The second kappa shape index (κ2) is 15.5. The number of urea groups is 1. The average molecular weight is 548 g/mol. The SMILES string of the molecule is CCOc1cc(C(C)N(CCCCc2ccccc2)C(=O)NC(Cc2cccnc2)C(=O)O)cc(OCC)c1C. The summed E-state index contributed by atoms with van der Waals surface area (Å²) in [4.78, 5) is 31.6. The summed E-state index contributed by atoms with van der Waals surface area (Å²) in [7, 11) is 0. The Hall–Kier alpha value is -4.07. The van der Waals surface area contributed by atoms with Gasteiger partial charge in [0.15, 0.2) is 0 Å². The molecule has 0 aliphatic carbocycles. The highest BCUT2D eigenvalue weighted by atomic mass is 16.5. The third-order valence-electron chi connectivity index (χ3n) is 6.86. The fourth-order valence-electron chi connectivity index (χ4n) is 4.63. The number of nitrogens with one attached hydrogen (secondary N) is 1. The maximum Gasteiger partial charge on any atom is 0.326 e. The molecule has 8 nitrogen and oxygen atoms in total. The van der Waals surface area contributed by atoms with Crippen LogP contribution in [-0.2, 0) is 17.6 Å². The first-order valence-corrected chi connectivity index (χ1v) is 14.0. The van der Waals surface area contributed by atoms with Gasteiger partial charge in [-0.05, 0) is 81.8 Å². The number of aliphatic carboxylic acids is 1. The van der Waals surface area contributed by atoms with Crippen LogP contribution < -0.4 is 14.8 Å². The third kappa shape index (κ3) is 8.73. The summed E-state index contributed by atoms with van der Waals surface area (Å²) in [6.07, 6.45) is 5.93. The van der Waals surface area contributed by atoms with E-state index in [-0.39, 0.29) is 12.5 Å². The fourth-order valence-corrected chi connectivity index (χ4v) is 4.63. The van der Waals surface area contributed by atoms with Crippen LogP contribution in [0.5, 0.6) is 11.5 Å². The maximum absolute atomic E-state index is 13.7. The third-order valence-corrected chi connectivity index (χ3v) is 6.86. The Morgan fingerprint density at radius 2 is 1.62 bits per heavy atom. The number of unbranched alkanes of at least 4 members (excludes halogenated alkanes) is 1. The van der Waals surface area contributed by atoms with E-state index in [2.05, 4.69) is 22.4 Å². The molecule has 214 valence electrons. The Morgan fingerprint density at radius 3 is 2.20 bits per heavy atom. The smallest absolute Gasteiger partial charge is 0.326 e. The molecule has 0 saturated heterocycles. The number of benzene rings is 2. The summed E-state index contributed by atoms with van der Waals surface area (Å²) in [5.41, 5.74) is 3.74. The summed E-state index contributed by atoms with van der Waals surface area (Å²) < 4.78 is 11.8. The number of carbonyl (C=O) groups excluding carboxylic acids is 1. The molecule has 2 atom stereocenters.